The minimum atomic E-state index is -4.57. The number of hydrogen-bond acceptors (Lipinski definition) is 4. The van der Waals surface area contributed by atoms with E-state index in [0.29, 0.717) is 0 Å². The van der Waals surface area contributed by atoms with Crippen LogP contribution in [0.2, 0.25) is 0 Å². The maximum Gasteiger partial charge on any atom is 0.495 e. The average molecular weight is 398 g/mol. The molecule has 154 valence electrons. The molecule has 4 nitrogen and oxygen atoms in total. The standard InChI is InChI=1S/C19H27B2F3O4/c1-15(2)16(3,4)26-20(25-15)13-11-9-10-12(19(22,23)24)14(13)21-27-17(5,6)18(7,8)28-21/h9-11H,1-8H3. The topological polar surface area (TPSA) is 36.9 Å². The minimum Gasteiger partial charge on any atom is -0.399 e. The molecular weight excluding hydrogens is 371 g/mol. The van der Waals surface area contributed by atoms with Gasteiger partial charge in [-0.25, -0.2) is 0 Å². The highest BCUT2D eigenvalue weighted by Gasteiger charge is 2.57. The molecule has 28 heavy (non-hydrogen) atoms. The Hall–Kier alpha value is -1.02. The minimum absolute atomic E-state index is 0.0906. The van der Waals surface area contributed by atoms with Gasteiger partial charge < -0.3 is 18.6 Å². The molecule has 9 heteroatoms. The van der Waals surface area contributed by atoms with Gasteiger partial charge in [0, 0.05) is 0 Å². The average Bonchev–Trinajstić information content (AvgIpc) is 2.85. The van der Waals surface area contributed by atoms with Gasteiger partial charge in [-0.15, -0.1) is 0 Å². The SMILES string of the molecule is CC1(C)OB(c2cccc(C(F)(F)F)c2B2OC(C)(C)C(C)(C)O2)OC1(C)C. The quantitative estimate of drug-likeness (QED) is 0.717. The molecule has 2 saturated heterocycles. The van der Waals surface area contributed by atoms with Crippen LogP contribution in [-0.4, -0.2) is 36.6 Å². The van der Waals surface area contributed by atoms with E-state index in [9.17, 15) is 13.2 Å². The van der Waals surface area contributed by atoms with Crippen LogP contribution >= 0.6 is 0 Å². The molecule has 0 aliphatic carbocycles. The predicted molar refractivity (Wildman–Crippen MR) is 103 cm³/mol. The molecule has 0 amide bonds. The van der Waals surface area contributed by atoms with Gasteiger partial charge in [-0.3, -0.25) is 0 Å². The monoisotopic (exact) mass is 398 g/mol. The van der Waals surface area contributed by atoms with Gasteiger partial charge in [-0.2, -0.15) is 13.2 Å². The van der Waals surface area contributed by atoms with Crippen LogP contribution in [-0.2, 0) is 24.8 Å². The molecule has 0 N–H and O–H groups in total. The Labute approximate surface area is 165 Å². The summed E-state index contributed by atoms with van der Waals surface area (Å²) in [6.07, 6.45) is -4.57. The molecule has 2 aliphatic heterocycles. The molecule has 1 aromatic carbocycles. The molecule has 3 rings (SSSR count). The maximum atomic E-state index is 13.9. The lowest BCUT2D eigenvalue weighted by atomic mass is 9.63. The van der Waals surface area contributed by atoms with E-state index in [-0.39, 0.29) is 10.9 Å². The van der Waals surface area contributed by atoms with Crippen molar-refractivity contribution in [3.63, 3.8) is 0 Å². The van der Waals surface area contributed by atoms with Crippen molar-refractivity contribution in [2.75, 3.05) is 0 Å². The van der Waals surface area contributed by atoms with E-state index in [4.69, 9.17) is 18.6 Å². The molecule has 1 aromatic rings. The predicted octanol–water partition coefficient (Wildman–Crippen LogP) is 3.30. The third-order valence-corrected chi connectivity index (χ3v) is 6.44. The van der Waals surface area contributed by atoms with Gasteiger partial charge in [0.1, 0.15) is 0 Å². The molecule has 2 heterocycles. The summed E-state index contributed by atoms with van der Waals surface area (Å²) < 4.78 is 65.6. The fourth-order valence-electron chi connectivity index (χ4n) is 3.23. The van der Waals surface area contributed by atoms with Gasteiger partial charge in [0.25, 0.3) is 0 Å². The molecule has 0 unspecified atom stereocenters. The van der Waals surface area contributed by atoms with Gasteiger partial charge in [0.2, 0.25) is 0 Å². The van der Waals surface area contributed by atoms with Crippen LogP contribution in [0.4, 0.5) is 13.2 Å². The zero-order valence-corrected chi connectivity index (χ0v) is 17.7. The number of alkyl halides is 3. The lowest BCUT2D eigenvalue weighted by Gasteiger charge is -2.32. The summed E-state index contributed by atoms with van der Waals surface area (Å²) in [4.78, 5) is 0. The van der Waals surface area contributed by atoms with E-state index in [0.717, 1.165) is 6.07 Å². The van der Waals surface area contributed by atoms with Crippen LogP contribution in [0.1, 0.15) is 61.0 Å². The lowest BCUT2D eigenvalue weighted by Crippen LogP contribution is -2.54. The fourth-order valence-corrected chi connectivity index (χ4v) is 3.23. The maximum absolute atomic E-state index is 13.9. The summed E-state index contributed by atoms with van der Waals surface area (Å²) in [7, 11) is -2.14. The molecule has 2 fully saturated rings. The molecule has 0 saturated carbocycles. The summed E-state index contributed by atoms with van der Waals surface area (Å²) in [5, 5.41) is 0. The molecule has 2 aliphatic rings. The Morgan fingerprint density at radius 2 is 1.07 bits per heavy atom. The molecular formula is C19H27B2F3O4. The summed E-state index contributed by atoms with van der Waals surface area (Å²) in [5.74, 6) is 0. The Bertz CT molecular complexity index is 743. The highest BCUT2D eigenvalue weighted by molar-refractivity contribution is 6.75. The van der Waals surface area contributed by atoms with E-state index in [1.165, 1.54) is 6.07 Å². The van der Waals surface area contributed by atoms with Crippen LogP contribution in [0, 0.1) is 0 Å². The van der Waals surface area contributed by atoms with Crippen molar-refractivity contribution in [2.24, 2.45) is 0 Å². The molecule has 0 bridgehead atoms. The lowest BCUT2D eigenvalue weighted by molar-refractivity contribution is -0.136. The van der Waals surface area contributed by atoms with Crippen molar-refractivity contribution >= 4 is 25.2 Å². The summed E-state index contributed by atoms with van der Waals surface area (Å²) in [5.41, 5.74) is -3.54. The number of halogens is 3. The second-order valence-electron chi connectivity index (χ2n) is 9.48. The van der Waals surface area contributed by atoms with Crippen LogP contribution in [0.25, 0.3) is 0 Å². The first kappa shape index (κ1) is 21.7. The Balaban J connectivity index is 2.13. The first-order valence-corrected chi connectivity index (χ1v) is 9.40. The molecule has 0 radical (unpaired) electrons. The largest absolute Gasteiger partial charge is 0.495 e. The van der Waals surface area contributed by atoms with Crippen LogP contribution in [0.15, 0.2) is 18.2 Å². The van der Waals surface area contributed by atoms with Crippen molar-refractivity contribution in [3.8, 4) is 0 Å². The smallest absolute Gasteiger partial charge is 0.399 e. The van der Waals surface area contributed by atoms with Crippen LogP contribution < -0.4 is 10.9 Å². The van der Waals surface area contributed by atoms with Gasteiger partial charge in [0.05, 0.1) is 28.0 Å². The third kappa shape index (κ3) is 3.40. The van der Waals surface area contributed by atoms with Crippen LogP contribution in [0.3, 0.4) is 0 Å². The first-order valence-electron chi connectivity index (χ1n) is 9.40. The van der Waals surface area contributed by atoms with Crippen molar-refractivity contribution in [1.29, 1.82) is 0 Å². The first-order chi connectivity index (χ1) is 12.5. The van der Waals surface area contributed by atoms with Crippen molar-refractivity contribution in [1.82, 2.24) is 0 Å². The van der Waals surface area contributed by atoms with Crippen molar-refractivity contribution in [2.45, 2.75) is 84.0 Å². The highest BCUT2D eigenvalue weighted by Crippen LogP contribution is 2.39. The van der Waals surface area contributed by atoms with E-state index < -0.39 is 48.4 Å². The van der Waals surface area contributed by atoms with E-state index in [1.54, 1.807) is 33.8 Å². The van der Waals surface area contributed by atoms with Gasteiger partial charge in [0.15, 0.2) is 0 Å². The Morgan fingerprint density at radius 3 is 1.46 bits per heavy atom. The Morgan fingerprint density at radius 1 is 0.679 bits per heavy atom. The van der Waals surface area contributed by atoms with E-state index in [2.05, 4.69) is 0 Å². The second-order valence-corrected chi connectivity index (χ2v) is 9.48. The highest BCUT2D eigenvalue weighted by atomic mass is 19.4. The Kier molecular flexibility index (Phi) is 4.83. The second kappa shape index (κ2) is 6.24. The summed E-state index contributed by atoms with van der Waals surface area (Å²) in [6.45, 7) is 14.6. The molecule has 0 spiro atoms. The van der Waals surface area contributed by atoms with Crippen LogP contribution in [0.5, 0.6) is 0 Å². The normalized spacial score (nSPS) is 25.4. The van der Waals surface area contributed by atoms with Gasteiger partial charge in [-0.05, 0) is 66.3 Å². The summed E-state index contributed by atoms with van der Waals surface area (Å²) >= 11 is 0. The third-order valence-electron chi connectivity index (χ3n) is 6.44. The van der Waals surface area contributed by atoms with Crippen molar-refractivity contribution in [3.05, 3.63) is 23.8 Å². The zero-order valence-electron chi connectivity index (χ0n) is 17.7. The zero-order chi connectivity index (χ0) is 21.3. The number of rotatable bonds is 2. The number of hydrogen-bond donors (Lipinski definition) is 0. The summed E-state index contributed by atoms with van der Waals surface area (Å²) in [6, 6.07) is 3.98. The fraction of sp³-hybridized carbons (Fsp3) is 0.684. The van der Waals surface area contributed by atoms with Crippen molar-refractivity contribution < 1.29 is 31.8 Å². The molecule has 0 aromatic heterocycles. The van der Waals surface area contributed by atoms with E-state index in [1.807, 2.05) is 27.7 Å². The van der Waals surface area contributed by atoms with Gasteiger partial charge in [-0.1, -0.05) is 18.2 Å². The molecule has 0 atom stereocenters. The number of benzene rings is 1. The van der Waals surface area contributed by atoms with E-state index >= 15 is 0 Å². The van der Waals surface area contributed by atoms with Gasteiger partial charge >= 0.3 is 20.4 Å².